The number of rotatable bonds is 4. The standard InChI is InChI=1S/C11H13BrN2O4/c1-11(5-17-10(15)14-11)9-8(18-6-16-2)3-7(12)4-13-9/h3-4H,5-6H2,1-2H3,(H,14,15). The smallest absolute Gasteiger partial charge is 0.408 e. The Morgan fingerprint density at radius 1 is 1.67 bits per heavy atom. The van der Waals surface area contributed by atoms with Gasteiger partial charge in [0, 0.05) is 17.8 Å². The van der Waals surface area contributed by atoms with Crippen molar-refractivity contribution in [3.05, 3.63) is 22.4 Å². The maximum Gasteiger partial charge on any atom is 0.408 e. The number of aromatic nitrogens is 1. The lowest BCUT2D eigenvalue weighted by Gasteiger charge is -2.23. The number of carbonyl (C=O) groups excluding carboxylic acids is 1. The monoisotopic (exact) mass is 316 g/mol. The van der Waals surface area contributed by atoms with Gasteiger partial charge in [-0.1, -0.05) is 0 Å². The molecule has 1 aliphatic rings. The van der Waals surface area contributed by atoms with E-state index >= 15 is 0 Å². The molecule has 1 atom stereocenters. The van der Waals surface area contributed by atoms with Crippen molar-refractivity contribution in [2.24, 2.45) is 0 Å². The van der Waals surface area contributed by atoms with E-state index in [4.69, 9.17) is 14.2 Å². The predicted molar refractivity (Wildman–Crippen MR) is 66.3 cm³/mol. The summed E-state index contributed by atoms with van der Waals surface area (Å²) in [5.74, 6) is 0.541. The number of methoxy groups -OCH3 is 1. The van der Waals surface area contributed by atoms with E-state index in [2.05, 4.69) is 26.2 Å². The van der Waals surface area contributed by atoms with Crippen LogP contribution < -0.4 is 10.1 Å². The Balaban J connectivity index is 2.34. The number of nitrogens with one attached hydrogen (secondary N) is 1. The van der Waals surface area contributed by atoms with Crippen LogP contribution in [-0.2, 0) is 15.0 Å². The molecule has 1 aromatic rings. The minimum atomic E-state index is -0.694. The molecule has 98 valence electrons. The summed E-state index contributed by atoms with van der Waals surface area (Å²) in [5, 5.41) is 2.72. The molecule has 0 radical (unpaired) electrons. The van der Waals surface area contributed by atoms with Crippen LogP contribution in [0.25, 0.3) is 0 Å². The second kappa shape index (κ2) is 5.11. The van der Waals surface area contributed by atoms with Crippen molar-refractivity contribution in [2.75, 3.05) is 20.5 Å². The van der Waals surface area contributed by atoms with Crippen LogP contribution in [0.2, 0.25) is 0 Å². The molecule has 18 heavy (non-hydrogen) atoms. The van der Waals surface area contributed by atoms with E-state index in [0.29, 0.717) is 11.4 Å². The average Bonchev–Trinajstić information content (AvgIpc) is 2.67. The van der Waals surface area contributed by atoms with E-state index in [1.54, 1.807) is 12.3 Å². The van der Waals surface area contributed by atoms with Crippen LogP contribution >= 0.6 is 15.9 Å². The highest BCUT2D eigenvalue weighted by Crippen LogP contribution is 2.32. The van der Waals surface area contributed by atoms with Crippen LogP contribution in [0.5, 0.6) is 5.75 Å². The Morgan fingerprint density at radius 2 is 2.44 bits per heavy atom. The number of pyridine rings is 1. The molecular formula is C11H13BrN2O4. The molecule has 1 amide bonds. The zero-order chi connectivity index (χ0) is 13.2. The fraction of sp³-hybridized carbons (Fsp3) is 0.455. The van der Waals surface area contributed by atoms with Gasteiger partial charge in [-0.05, 0) is 28.9 Å². The van der Waals surface area contributed by atoms with Crippen molar-refractivity contribution in [3.63, 3.8) is 0 Å². The third-order valence-electron chi connectivity index (χ3n) is 2.54. The minimum absolute atomic E-state index is 0.107. The molecule has 0 aliphatic carbocycles. The average molecular weight is 317 g/mol. The lowest BCUT2D eigenvalue weighted by atomic mass is 9.98. The minimum Gasteiger partial charge on any atom is -0.466 e. The summed E-state index contributed by atoms with van der Waals surface area (Å²) in [7, 11) is 1.53. The van der Waals surface area contributed by atoms with Gasteiger partial charge < -0.3 is 19.5 Å². The first-order valence-electron chi connectivity index (χ1n) is 5.28. The van der Waals surface area contributed by atoms with E-state index in [1.807, 2.05) is 6.92 Å². The van der Waals surface area contributed by atoms with E-state index in [0.717, 1.165) is 4.47 Å². The third kappa shape index (κ3) is 2.56. The highest BCUT2D eigenvalue weighted by Gasteiger charge is 2.40. The molecule has 7 heteroatoms. The van der Waals surface area contributed by atoms with Gasteiger partial charge in [-0.3, -0.25) is 4.98 Å². The number of carbonyl (C=O) groups is 1. The molecule has 2 heterocycles. The molecule has 1 N–H and O–H groups in total. The number of nitrogens with zero attached hydrogens (tertiary/aromatic N) is 1. The lowest BCUT2D eigenvalue weighted by Crippen LogP contribution is -2.38. The van der Waals surface area contributed by atoms with E-state index in [-0.39, 0.29) is 13.4 Å². The van der Waals surface area contributed by atoms with Crippen molar-refractivity contribution in [3.8, 4) is 5.75 Å². The normalized spacial score (nSPS) is 22.5. The predicted octanol–water partition coefficient (Wildman–Crippen LogP) is 1.78. The van der Waals surface area contributed by atoms with Crippen LogP contribution in [0.4, 0.5) is 4.79 Å². The summed E-state index contributed by atoms with van der Waals surface area (Å²) in [4.78, 5) is 15.5. The quantitative estimate of drug-likeness (QED) is 0.857. The molecule has 0 aromatic carbocycles. The first-order valence-corrected chi connectivity index (χ1v) is 6.07. The number of cyclic esters (lactones) is 1. The van der Waals surface area contributed by atoms with Gasteiger partial charge in [0.1, 0.15) is 23.6 Å². The summed E-state index contributed by atoms with van der Waals surface area (Å²) >= 11 is 3.32. The van der Waals surface area contributed by atoms with Gasteiger partial charge in [-0.2, -0.15) is 0 Å². The molecule has 0 spiro atoms. The molecule has 1 saturated heterocycles. The van der Waals surface area contributed by atoms with Gasteiger partial charge >= 0.3 is 6.09 Å². The van der Waals surface area contributed by atoms with Gasteiger partial charge in [0.25, 0.3) is 0 Å². The Morgan fingerprint density at radius 3 is 3.06 bits per heavy atom. The summed E-state index contributed by atoms with van der Waals surface area (Å²) in [5.41, 5.74) is -0.0884. The van der Waals surface area contributed by atoms with Crippen molar-refractivity contribution >= 4 is 22.0 Å². The zero-order valence-corrected chi connectivity index (χ0v) is 11.6. The highest BCUT2D eigenvalue weighted by atomic mass is 79.9. The summed E-state index contributed by atoms with van der Waals surface area (Å²) in [6, 6.07) is 1.77. The Hall–Kier alpha value is -1.34. The number of alkyl carbamates (subject to hydrolysis) is 1. The van der Waals surface area contributed by atoms with Gasteiger partial charge in [0.2, 0.25) is 0 Å². The lowest BCUT2D eigenvalue weighted by molar-refractivity contribution is 0.0487. The number of amides is 1. The fourth-order valence-electron chi connectivity index (χ4n) is 1.70. The second-order valence-electron chi connectivity index (χ2n) is 4.08. The van der Waals surface area contributed by atoms with E-state index in [1.165, 1.54) is 7.11 Å². The Bertz CT molecular complexity index is 468. The molecule has 1 fully saturated rings. The molecule has 1 aliphatic heterocycles. The van der Waals surface area contributed by atoms with Gasteiger partial charge in [0.05, 0.1) is 0 Å². The van der Waals surface area contributed by atoms with Gasteiger partial charge in [0.15, 0.2) is 6.79 Å². The maximum atomic E-state index is 11.2. The molecular weight excluding hydrogens is 304 g/mol. The largest absolute Gasteiger partial charge is 0.466 e. The molecule has 1 unspecified atom stereocenters. The summed E-state index contributed by atoms with van der Waals surface area (Å²) in [6.45, 7) is 2.15. The van der Waals surface area contributed by atoms with Gasteiger partial charge in [-0.25, -0.2) is 4.79 Å². The van der Waals surface area contributed by atoms with Crippen LogP contribution in [0.1, 0.15) is 12.6 Å². The van der Waals surface area contributed by atoms with E-state index < -0.39 is 11.6 Å². The van der Waals surface area contributed by atoms with Gasteiger partial charge in [-0.15, -0.1) is 0 Å². The number of hydrogen-bond acceptors (Lipinski definition) is 5. The molecule has 0 saturated carbocycles. The summed E-state index contributed by atoms with van der Waals surface area (Å²) in [6.07, 6.45) is 1.19. The SMILES string of the molecule is COCOc1cc(Br)cnc1C1(C)COC(=O)N1. The molecule has 0 bridgehead atoms. The van der Waals surface area contributed by atoms with Crippen LogP contribution in [0, 0.1) is 0 Å². The number of hydrogen-bond donors (Lipinski definition) is 1. The van der Waals surface area contributed by atoms with Crippen molar-refractivity contribution in [2.45, 2.75) is 12.5 Å². The number of ether oxygens (including phenoxy) is 3. The third-order valence-corrected chi connectivity index (χ3v) is 2.98. The Labute approximate surface area is 113 Å². The number of halogens is 1. The van der Waals surface area contributed by atoms with Crippen molar-refractivity contribution < 1.29 is 19.0 Å². The zero-order valence-electron chi connectivity index (χ0n) is 10.0. The second-order valence-corrected chi connectivity index (χ2v) is 5.00. The topological polar surface area (TPSA) is 69.7 Å². The Kier molecular flexibility index (Phi) is 3.72. The molecule has 1 aromatic heterocycles. The first kappa shape index (κ1) is 13.1. The fourth-order valence-corrected chi connectivity index (χ4v) is 2.01. The molecule has 6 nitrogen and oxygen atoms in total. The van der Waals surface area contributed by atoms with Crippen LogP contribution in [0.3, 0.4) is 0 Å². The van der Waals surface area contributed by atoms with Crippen LogP contribution in [-0.4, -0.2) is 31.6 Å². The highest BCUT2D eigenvalue weighted by molar-refractivity contribution is 9.10. The van der Waals surface area contributed by atoms with Crippen molar-refractivity contribution in [1.29, 1.82) is 0 Å². The first-order chi connectivity index (χ1) is 8.55. The molecule has 2 rings (SSSR count). The summed E-state index contributed by atoms with van der Waals surface area (Å²) < 4.78 is 16.0. The van der Waals surface area contributed by atoms with Crippen molar-refractivity contribution in [1.82, 2.24) is 10.3 Å². The van der Waals surface area contributed by atoms with Crippen LogP contribution in [0.15, 0.2) is 16.7 Å². The van der Waals surface area contributed by atoms with E-state index in [9.17, 15) is 4.79 Å². The maximum absolute atomic E-state index is 11.2.